The van der Waals surface area contributed by atoms with Crippen molar-refractivity contribution in [2.45, 2.75) is 25.6 Å². The molecule has 0 unspecified atom stereocenters. The minimum atomic E-state index is -0.0277. The molecule has 21 heavy (non-hydrogen) atoms. The smallest absolute Gasteiger partial charge is 0.317 e. The third kappa shape index (κ3) is 5.36. The van der Waals surface area contributed by atoms with Crippen LogP contribution in [-0.2, 0) is 16.1 Å². The molecular weight excluding hydrogens is 268 g/mol. The largest absolute Gasteiger partial charge is 0.380 e. The van der Waals surface area contributed by atoms with E-state index < -0.39 is 0 Å². The zero-order valence-electron chi connectivity index (χ0n) is 12.6. The molecule has 2 amide bonds. The molecular formula is C16H24N2O3. The molecule has 0 spiro atoms. The van der Waals surface area contributed by atoms with E-state index >= 15 is 0 Å². The van der Waals surface area contributed by atoms with Gasteiger partial charge in [0.2, 0.25) is 0 Å². The van der Waals surface area contributed by atoms with Crippen LogP contribution in [-0.4, -0.2) is 50.4 Å². The standard InChI is InChI=1S/C16H24N2O3/c1-20-15-8-5-10-18(12-15)16(19)17-9-11-21-13-14-6-3-2-4-7-14/h2-4,6-7,15H,5,8-13H2,1H3,(H,17,19)/t15-/m0/s1. The van der Waals surface area contributed by atoms with Crippen molar-refractivity contribution in [3.05, 3.63) is 35.9 Å². The summed E-state index contributed by atoms with van der Waals surface area (Å²) in [6.07, 6.45) is 2.19. The number of methoxy groups -OCH3 is 1. The van der Waals surface area contributed by atoms with E-state index in [2.05, 4.69) is 5.32 Å². The molecule has 1 atom stereocenters. The van der Waals surface area contributed by atoms with Crippen LogP contribution in [0.15, 0.2) is 30.3 Å². The van der Waals surface area contributed by atoms with E-state index in [0.29, 0.717) is 26.3 Å². The summed E-state index contributed by atoms with van der Waals surface area (Å²) in [6.45, 7) is 3.10. The predicted octanol–water partition coefficient (Wildman–Crippen LogP) is 2.02. The van der Waals surface area contributed by atoms with Crippen molar-refractivity contribution in [3.63, 3.8) is 0 Å². The highest BCUT2D eigenvalue weighted by Crippen LogP contribution is 2.12. The number of likely N-dealkylation sites (tertiary alicyclic amines) is 1. The van der Waals surface area contributed by atoms with Gasteiger partial charge in [-0.05, 0) is 18.4 Å². The molecule has 5 nitrogen and oxygen atoms in total. The Morgan fingerprint density at radius 2 is 2.19 bits per heavy atom. The fraction of sp³-hybridized carbons (Fsp3) is 0.562. The average molecular weight is 292 g/mol. The van der Waals surface area contributed by atoms with Gasteiger partial charge in [0.25, 0.3) is 0 Å². The number of carbonyl (C=O) groups is 1. The van der Waals surface area contributed by atoms with Gasteiger partial charge in [0.05, 0.1) is 19.3 Å². The molecule has 2 rings (SSSR count). The minimum absolute atomic E-state index is 0.0277. The van der Waals surface area contributed by atoms with Gasteiger partial charge in [-0.15, -0.1) is 0 Å². The van der Waals surface area contributed by atoms with Crippen LogP contribution in [0.1, 0.15) is 18.4 Å². The molecule has 1 fully saturated rings. The van der Waals surface area contributed by atoms with Gasteiger partial charge in [-0.2, -0.15) is 0 Å². The molecule has 1 heterocycles. The maximum Gasteiger partial charge on any atom is 0.317 e. The minimum Gasteiger partial charge on any atom is -0.380 e. The monoisotopic (exact) mass is 292 g/mol. The fourth-order valence-electron chi connectivity index (χ4n) is 2.42. The van der Waals surface area contributed by atoms with Gasteiger partial charge in [-0.1, -0.05) is 30.3 Å². The number of hydrogen-bond donors (Lipinski definition) is 1. The number of amides is 2. The Morgan fingerprint density at radius 1 is 1.38 bits per heavy atom. The summed E-state index contributed by atoms with van der Waals surface area (Å²) in [5.41, 5.74) is 1.14. The number of rotatable bonds is 6. The molecule has 116 valence electrons. The van der Waals surface area contributed by atoms with Crippen molar-refractivity contribution in [2.75, 3.05) is 33.4 Å². The SMILES string of the molecule is CO[C@H]1CCCN(C(=O)NCCOCc2ccccc2)C1. The molecule has 5 heteroatoms. The van der Waals surface area contributed by atoms with Crippen LogP contribution in [0.4, 0.5) is 4.79 Å². The molecule has 0 aromatic heterocycles. The Bertz CT molecular complexity index is 425. The lowest BCUT2D eigenvalue weighted by atomic mass is 10.1. The predicted molar refractivity (Wildman–Crippen MR) is 81.1 cm³/mol. The van der Waals surface area contributed by atoms with Gasteiger partial charge in [0.1, 0.15) is 0 Å². The number of piperidine rings is 1. The normalized spacial score (nSPS) is 18.5. The van der Waals surface area contributed by atoms with Gasteiger partial charge < -0.3 is 19.7 Å². The first-order chi connectivity index (χ1) is 10.3. The second-order valence-electron chi connectivity index (χ2n) is 5.22. The summed E-state index contributed by atoms with van der Waals surface area (Å²) in [4.78, 5) is 13.8. The van der Waals surface area contributed by atoms with Crippen LogP contribution in [0, 0.1) is 0 Å². The topological polar surface area (TPSA) is 50.8 Å². The Balaban J connectivity index is 1.59. The Kier molecular flexibility index (Phi) is 6.50. The summed E-state index contributed by atoms with van der Waals surface area (Å²) in [5.74, 6) is 0. The number of carbonyl (C=O) groups excluding carboxylic acids is 1. The van der Waals surface area contributed by atoms with E-state index in [0.717, 1.165) is 24.9 Å². The maximum atomic E-state index is 12.0. The van der Waals surface area contributed by atoms with E-state index in [1.54, 1.807) is 7.11 Å². The Labute approximate surface area is 126 Å². The molecule has 1 aromatic carbocycles. The van der Waals surface area contributed by atoms with E-state index in [1.165, 1.54) is 0 Å². The van der Waals surface area contributed by atoms with Crippen LogP contribution in [0.25, 0.3) is 0 Å². The summed E-state index contributed by atoms with van der Waals surface area (Å²) in [5, 5.41) is 2.89. The number of nitrogens with zero attached hydrogens (tertiary/aromatic N) is 1. The zero-order valence-corrected chi connectivity index (χ0v) is 12.6. The van der Waals surface area contributed by atoms with Gasteiger partial charge in [0, 0.05) is 26.7 Å². The second-order valence-corrected chi connectivity index (χ2v) is 5.22. The van der Waals surface area contributed by atoms with Gasteiger partial charge in [-0.25, -0.2) is 4.79 Å². The highest BCUT2D eigenvalue weighted by atomic mass is 16.5. The molecule has 0 saturated carbocycles. The molecule has 1 aromatic rings. The number of benzene rings is 1. The van der Waals surface area contributed by atoms with E-state index in [-0.39, 0.29) is 12.1 Å². The van der Waals surface area contributed by atoms with Crippen molar-refractivity contribution < 1.29 is 14.3 Å². The van der Waals surface area contributed by atoms with E-state index in [1.807, 2.05) is 35.2 Å². The number of nitrogens with one attached hydrogen (secondary N) is 1. The lowest BCUT2D eigenvalue weighted by Gasteiger charge is -2.31. The molecule has 1 N–H and O–H groups in total. The molecule has 1 saturated heterocycles. The van der Waals surface area contributed by atoms with Crippen molar-refractivity contribution in [3.8, 4) is 0 Å². The molecule has 0 radical (unpaired) electrons. The third-order valence-corrected chi connectivity index (χ3v) is 3.63. The fourth-order valence-corrected chi connectivity index (χ4v) is 2.42. The molecule has 0 aliphatic carbocycles. The van der Waals surface area contributed by atoms with Crippen LogP contribution >= 0.6 is 0 Å². The second kappa shape index (κ2) is 8.64. The first-order valence-electron chi connectivity index (χ1n) is 7.47. The Hall–Kier alpha value is -1.59. The van der Waals surface area contributed by atoms with Gasteiger partial charge in [-0.3, -0.25) is 0 Å². The number of ether oxygens (including phenoxy) is 2. The summed E-state index contributed by atoms with van der Waals surface area (Å²) in [7, 11) is 1.70. The first kappa shape index (κ1) is 15.8. The highest BCUT2D eigenvalue weighted by Gasteiger charge is 2.22. The maximum absolute atomic E-state index is 12.0. The summed E-state index contributed by atoms with van der Waals surface area (Å²) < 4.78 is 10.9. The summed E-state index contributed by atoms with van der Waals surface area (Å²) in [6, 6.07) is 9.98. The molecule has 1 aliphatic heterocycles. The van der Waals surface area contributed by atoms with E-state index in [4.69, 9.17) is 9.47 Å². The Morgan fingerprint density at radius 3 is 2.95 bits per heavy atom. The summed E-state index contributed by atoms with van der Waals surface area (Å²) >= 11 is 0. The van der Waals surface area contributed by atoms with Crippen LogP contribution < -0.4 is 5.32 Å². The number of urea groups is 1. The zero-order chi connectivity index (χ0) is 14.9. The van der Waals surface area contributed by atoms with Crippen LogP contribution in [0.3, 0.4) is 0 Å². The van der Waals surface area contributed by atoms with Crippen molar-refractivity contribution in [1.29, 1.82) is 0 Å². The van der Waals surface area contributed by atoms with Crippen molar-refractivity contribution in [1.82, 2.24) is 10.2 Å². The lowest BCUT2D eigenvalue weighted by molar-refractivity contribution is 0.0428. The van der Waals surface area contributed by atoms with Gasteiger partial charge in [0.15, 0.2) is 0 Å². The number of hydrogen-bond acceptors (Lipinski definition) is 3. The van der Waals surface area contributed by atoms with Crippen molar-refractivity contribution in [2.24, 2.45) is 0 Å². The van der Waals surface area contributed by atoms with Crippen LogP contribution in [0.2, 0.25) is 0 Å². The quantitative estimate of drug-likeness (QED) is 0.816. The molecule has 1 aliphatic rings. The van der Waals surface area contributed by atoms with Crippen LogP contribution in [0.5, 0.6) is 0 Å². The average Bonchev–Trinajstić information content (AvgIpc) is 2.55. The van der Waals surface area contributed by atoms with Crippen molar-refractivity contribution >= 4 is 6.03 Å². The highest BCUT2D eigenvalue weighted by molar-refractivity contribution is 5.74. The van der Waals surface area contributed by atoms with Gasteiger partial charge >= 0.3 is 6.03 Å². The first-order valence-corrected chi connectivity index (χ1v) is 7.47. The third-order valence-electron chi connectivity index (χ3n) is 3.63. The van der Waals surface area contributed by atoms with E-state index in [9.17, 15) is 4.79 Å². The lowest BCUT2D eigenvalue weighted by Crippen LogP contribution is -2.48. The molecule has 0 bridgehead atoms.